The Kier molecular flexibility index (Phi) is 6.71. The van der Waals surface area contributed by atoms with Crippen LogP contribution in [0.5, 0.6) is 0 Å². The number of benzene rings is 3. The monoisotopic (exact) mass is 462 g/mol. The van der Waals surface area contributed by atoms with Gasteiger partial charge in [0, 0.05) is 5.69 Å². The number of nitrogens with zero attached hydrogens (tertiary/aromatic N) is 1. The van der Waals surface area contributed by atoms with Crippen LogP contribution >= 0.6 is 23.2 Å². The highest BCUT2D eigenvalue weighted by molar-refractivity contribution is 7.92. The van der Waals surface area contributed by atoms with Crippen molar-refractivity contribution in [2.75, 3.05) is 16.2 Å². The minimum absolute atomic E-state index is 0.0654. The summed E-state index contributed by atoms with van der Waals surface area (Å²) >= 11 is 12.1. The van der Waals surface area contributed by atoms with E-state index in [9.17, 15) is 13.2 Å². The van der Waals surface area contributed by atoms with Crippen LogP contribution in [0.1, 0.15) is 11.1 Å². The minimum Gasteiger partial charge on any atom is -0.324 e. The summed E-state index contributed by atoms with van der Waals surface area (Å²) in [4.78, 5) is 12.9. The van der Waals surface area contributed by atoms with E-state index >= 15 is 0 Å². The highest BCUT2D eigenvalue weighted by atomic mass is 35.5. The SMILES string of the molecule is Cc1ccc(C)c(NC(=O)CN(c2ccc(Cl)c(Cl)c2)S(=O)(=O)c2ccccc2)c1. The molecule has 0 unspecified atom stereocenters. The molecular weight excluding hydrogens is 443 g/mol. The molecule has 156 valence electrons. The van der Waals surface area contributed by atoms with Gasteiger partial charge in [0.2, 0.25) is 5.91 Å². The van der Waals surface area contributed by atoms with Gasteiger partial charge in [-0.15, -0.1) is 0 Å². The van der Waals surface area contributed by atoms with Crippen LogP contribution in [0.25, 0.3) is 0 Å². The van der Waals surface area contributed by atoms with Gasteiger partial charge in [0.1, 0.15) is 6.54 Å². The smallest absolute Gasteiger partial charge is 0.264 e. The van der Waals surface area contributed by atoms with Gasteiger partial charge in [0.15, 0.2) is 0 Å². The van der Waals surface area contributed by atoms with E-state index in [1.807, 2.05) is 32.0 Å². The molecule has 0 spiro atoms. The van der Waals surface area contributed by atoms with Crippen LogP contribution < -0.4 is 9.62 Å². The maximum atomic E-state index is 13.3. The molecule has 0 radical (unpaired) electrons. The lowest BCUT2D eigenvalue weighted by Gasteiger charge is -2.24. The maximum Gasteiger partial charge on any atom is 0.264 e. The van der Waals surface area contributed by atoms with Crippen molar-refractivity contribution < 1.29 is 13.2 Å². The van der Waals surface area contributed by atoms with Gasteiger partial charge < -0.3 is 5.32 Å². The lowest BCUT2D eigenvalue weighted by atomic mass is 10.1. The predicted molar refractivity (Wildman–Crippen MR) is 122 cm³/mol. The second-order valence-corrected chi connectivity index (χ2v) is 9.47. The van der Waals surface area contributed by atoms with Crippen molar-refractivity contribution in [3.05, 3.63) is 87.9 Å². The molecule has 0 saturated heterocycles. The molecule has 0 saturated carbocycles. The third kappa shape index (κ3) is 4.95. The molecule has 0 heterocycles. The van der Waals surface area contributed by atoms with Gasteiger partial charge in [-0.05, 0) is 61.4 Å². The molecule has 0 fully saturated rings. The number of halogens is 2. The Morgan fingerprint density at radius 2 is 1.63 bits per heavy atom. The summed E-state index contributed by atoms with van der Waals surface area (Å²) in [7, 11) is -4.02. The molecule has 3 aromatic carbocycles. The molecule has 0 aliphatic rings. The number of carbonyl (C=O) groups is 1. The topological polar surface area (TPSA) is 66.5 Å². The highest BCUT2D eigenvalue weighted by Crippen LogP contribution is 2.30. The molecule has 1 N–H and O–H groups in total. The first kappa shape index (κ1) is 22.2. The van der Waals surface area contributed by atoms with Gasteiger partial charge in [0.25, 0.3) is 10.0 Å². The molecule has 1 amide bonds. The summed E-state index contributed by atoms with van der Waals surface area (Å²) in [6.45, 7) is 3.35. The van der Waals surface area contributed by atoms with Crippen LogP contribution in [0.3, 0.4) is 0 Å². The zero-order valence-electron chi connectivity index (χ0n) is 16.4. The first-order valence-corrected chi connectivity index (χ1v) is 11.3. The van der Waals surface area contributed by atoms with Gasteiger partial charge in [-0.3, -0.25) is 9.10 Å². The second-order valence-electron chi connectivity index (χ2n) is 6.79. The Hall–Kier alpha value is -2.54. The fourth-order valence-electron chi connectivity index (χ4n) is 2.87. The van der Waals surface area contributed by atoms with Crippen LogP contribution in [0.2, 0.25) is 10.0 Å². The number of nitrogens with one attached hydrogen (secondary N) is 1. The van der Waals surface area contributed by atoms with Crippen molar-refractivity contribution in [3.63, 3.8) is 0 Å². The van der Waals surface area contributed by atoms with Gasteiger partial charge in [-0.1, -0.05) is 53.5 Å². The number of hydrogen-bond acceptors (Lipinski definition) is 3. The number of rotatable bonds is 6. The Bertz CT molecular complexity index is 1180. The molecule has 0 aromatic heterocycles. The maximum absolute atomic E-state index is 13.3. The molecule has 0 aliphatic heterocycles. The fourth-order valence-corrected chi connectivity index (χ4v) is 4.59. The Morgan fingerprint density at radius 1 is 0.933 bits per heavy atom. The van der Waals surface area contributed by atoms with Crippen molar-refractivity contribution in [2.45, 2.75) is 18.7 Å². The largest absolute Gasteiger partial charge is 0.324 e. The average Bonchev–Trinajstić information content (AvgIpc) is 2.71. The number of aryl methyl sites for hydroxylation is 2. The van der Waals surface area contributed by atoms with Crippen molar-refractivity contribution in [1.82, 2.24) is 0 Å². The lowest BCUT2D eigenvalue weighted by molar-refractivity contribution is -0.114. The van der Waals surface area contributed by atoms with E-state index in [0.717, 1.165) is 15.4 Å². The zero-order chi connectivity index (χ0) is 21.9. The quantitative estimate of drug-likeness (QED) is 0.529. The van der Waals surface area contributed by atoms with Crippen molar-refractivity contribution >= 4 is 50.5 Å². The van der Waals surface area contributed by atoms with Crippen LogP contribution in [-0.2, 0) is 14.8 Å². The number of anilines is 2. The minimum atomic E-state index is -4.02. The van der Waals surface area contributed by atoms with E-state index in [1.165, 1.54) is 30.3 Å². The second kappa shape index (κ2) is 9.08. The number of hydrogen-bond donors (Lipinski definition) is 1. The third-order valence-corrected chi connectivity index (χ3v) is 7.00. The molecule has 8 heteroatoms. The molecule has 0 aliphatic carbocycles. The molecule has 0 atom stereocenters. The Morgan fingerprint density at radius 3 is 2.30 bits per heavy atom. The van der Waals surface area contributed by atoms with Crippen LogP contribution in [0, 0.1) is 13.8 Å². The number of amides is 1. The Labute approximate surface area is 186 Å². The summed E-state index contributed by atoms with van der Waals surface area (Å²) < 4.78 is 27.6. The van der Waals surface area contributed by atoms with Gasteiger partial charge in [-0.2, -0.15) is 0 Å². The van der Waals surface area contributed by atoms with E-state index in [4.69, 9.17) is 23.2 Å². The molecule has 5 nitrogen and oxygen atoms in total. The summed E-state index contributed by atoms with van der Waals surface area (Å²) in [6.07, 6.45) is 0. The molecule has 30 heavy (non-hydrogen) atoms. The van der Waals surface area contributed by atoms with Crippen LogP contribution in [0.15, 0.2) is 71.6 Å². The van der Waals surface area contributed by atoms with E-state index in [2.05, 4.69) is 5.32 Å². The van der Waals surface area contributed by atoms with Gasteiger partial charge in [0.05, 0.1) is 20.6 Å². The normalized spacial score (nSPS) is 11.2. The van der Waals surface area contributed by atoms with E-state index < -0.39 is 22.5 Å². The van der Waals surface area contributed by atoms with Crippen LogP contribution in [-0.4, -0.2) is 20.9 Å². The third-order valence-electron chi connectivity index (χ3n) is 4.48. The number of sulfonamides is 1. The number of carbonyl (C=O) groups excluding carboxylic acids is 1. The zero-order valence-corrected chi connectivity index (χ0v) is 18.7. The summed E-state index contributed by atoms with van der Waals surface area (Å²) in [5.41, 5.74) is 2.73. The molecular formula is C22H20Cl2N2O3S. The van der Waals surface area contributed by atoms with Gasteiger partial charge in [-0.25, -0.2) is 8.42 Å². The highest BCUT2D eigenvalue weighted by Gasteiger charge is 2.27. The molecule has 3 aromatic rings. The van der Waals surface area contributed by atoms with Crippen molar-refractivity contribution in [3.8, 4) is 0 Å². The van der Waals surface area contributed by atoms with E-state index in [0.29, 0.717) is 5.69 Å². The summed E-state index contributed by atoms with van der Waals surface area (Å²) in [5.74, 6) is -0.478. The van der Waals surface area contributed by atoms with E-state index in [1.54, 1.807) is 18.2 Å². The average molecular weight is 463 g/mol. The van der Waals surface area contributed by atoms with Gasteiger partial charge >= 0.3 is 0 Å². The summed E-state index contributed by atoms with van der Waals surface area (Å²) in [6, 6.07) is 18.0. The standard InChI is InChI=1S/C22H20Cl2N2O3S/c1-15-8-9-16(2)21(12-15)25-22(27)14-26(17-10-11-19(23)20(24)13-17)30(28,29)18-6-4-3-5-7-18/h3-13H,14H2,1-2H3,(H,25,27). The van der Waals surface area contributed by atoms with Crippen LogP contribution in [0.4, 0.5) is 11.4 Å². The summed E-state index contributed by atoms with van der Waals surface area (Å²) in [5, 5.41) is 3.28. The van der Waals surface area contributed by atoms with Crippen molar-refractivity contribution in [1.29, 1.82) is 0 Å². The molecule has 3 rings (SSSR count). The van der Waals surface area contributed by atoms with E-state index in [-0.39, 0.29) is 20.6 Å². The lowest BCUT2D eigenvalue weighted by Crippen LogP contribution is -2.38. The first-order valence-electron chi connectivity index (χ1n) is 9.08. The fraction of sp³-hybridized carbons (Fsp3) is 0.136. The Balaban J connectivity index is 1.98. The molecule has 0 bridgehead atoms. The predicted octanol–water partition coefficient (Wildman–Crippen LogP) is 5.44. The first-order chi connectivity index (χ1) is 14.2. The van der Waals surface area contributed by atoms with Crippen molar-refractivity contribution in [2.24, 2.45) is 0 Å².